The number of hydrogen-bond acceptors (Lipinski definition) is 4. The van der Waals surface area contributed by atoms with Crippen molar-refractivity contribution >= 4 is 21.6 Å². The van der Waals surface area contributed by atoms with Gasteiger partial charge in [0.2, 0.25) is 5.89 Å². The van der Waals surface area contributed by atoms with Crippen molar-refractivity contribution in [3.63, 3.8) is 0 Å². The lowest BCUT2D eigenvalue weighted by atomic mass is 10.1. The molecule has 0 spiro atoms. The number of halogens is 1. The number of anilines is 1. The molecule has 1 heterocycles. The van der Waals surface area contributed by atoms with Crippen LogP contribution < -0.4 is 5.73 Å². The molecule has 2 aromatic carbocycles. The van der Waals surface area contributed by atoms with E-state index in [0.29, 0.717) is 24.6 Å². The van der Waals surface area contributed by atoms with Crippen LogP contribution in [0.4, 0.5) is 5.69 Å². The summed E-state index contributed by atoms with van der Waals surface area (Å²) in [5.41, 5.74) is 8.70. The van der Waals surface area contributed by atoms with Gasteiger partial charge in [-0.2, -0.15) is 4.98 Å². The van der Waals surface area contributed by atoms with Gasteiger partial charge in [-0.25, -0.2) is 0 Å². The monoisotopic (exact) mass is 343 g/mol. The molecule has 5 heteroatoms. The third kappa shape index (κ3) is 3.70. The van der Waals surface area contributed by atoms with Crippen LogP contribution in [0.15, 0.2) is 57.5 Å². The van der Waals surface area contributed by atoms with E-state index in [-0.39, 0.29) is 0 Å². The second-order valence-electron chi connectivity index (χ2n) is 4.83. The van der Waals surface area contributed by atoms with Gasteiger partial charge in [0, 0.05) is 16.6 Å². The number of nitrogens with two attached hydrogens (primary N) is 1. The molecule has 0 amide bonds. The number of rotatable bonds is 4. The summed E-state index contributed by atoms with van der Waals surface area (Å²) in [4.78, 5) is 4.43. The van der Waals surface area contributed by atoms with E-state index in [1.54, 1.807) is 0 Å². The van der Waals surface area contributed by atoms with Crippen LogP contribution in [0, 0.1) is 0 Å². The van der Waals surface area contributed by atoms with E-state index in [0.717, 1.165) is 21.3 Å². The molecule has 0 aliphatic heterocycles. The molecule has 0 radical (unpaired) electrons. The molecule has 106 valence electrons. The largest absolute Gasteiger partial charge is 0.399 e. The van der Waals surface area contributed by atoms with Crippen molar-refractivity contribution in [1.82, 2.24) is 10.1 Å². The highest BCUT2D eigenvalue weighted by molar-refractivity contribution is 9.10. The fourth-order valence-electron chi connectivity index (χ4n) is 2.14. The van der Waals surface area contributed by atoms with E-state index < -0.39 is 0 Å². The molecule has 3 aromatic rings. The predicted octanol–water partition coefficient (Wildman–Crippen LogP) is 3.60. The highest BCUT2D eigenvalue weighted by Gasteiger charge is 2.08. The Labute approximate surface area is 131 Å². The molecule has 0 saturated carbocycles. The topological polar surface area (TPSA) is 64.9 Å². The summed E-state index contributed by atoms with van der Waals surface area (Å²) in [5, 5.41) is 4.03. The van der Waals surface area contributed by atoms with Gasteiger partial charge in [-0.05, 0) is 35.4 Å². The Morgan fingerprint density at radius 2 is 1.76 bits per heavy atom. The Morgan fingerprint density at radius 3 is 2.52 bits per heavy atom. The Bertz CT molecular complexity index is 693. The molecule has 4 nitrogen and oxygen atoms in total. The van der Waals surface area contributed by atoms with Gasteiger partial charge >= 0.3 is 0 Å². The Kier molecular flexibility index (Phi) is 4.01. The third-order valence-corrected chi connectivity index (χ3v) is 3.56. The summed E-state index contributed by atoms with van der Waals surface area (Å²) >= 11 is 3.46. The molecule has 0 aliphatic rings. The summed E-state index contributed by atoms with van der Waals surface area (Å²) in [6.07, 6.45) is 1.25. The zero-order chi connectivity index (χ0) is 14.7. The van der Waals surface area contributed by atoms with Crippen molar-refractivity contribution in [3.8, 4) is 0 Å². The molecule has 1 aromatic heterocycles. The van der Waals surface area contributed by atoms with Crippen molar-refractivity contribution < 1.29 is 4.52 Å². The molecule has 0 saturated heterocycles. The summed E-state index contributed by atoms with van der Waals surface area (Å²) in [7, 11) is 0. The zero-order valence-electron chi connectivity index (χ0n) is 11.3. The number of nitrogens with zero attached hydrogens (tertiary/aromatic N) is 2. The van der Waals surface area contributed by atoms with E-state index in [2.05, 4.69) is 26.1 Å². The van der Waals surface area contributed by atoms with Crippen molar-refractivity contribution in [2.24, 2.45) is 0 Å². The van der Waals surface area contributed by atoms with Crippen molar-refractivity contribution in [2.75, 3.05) is 5.73 Å². The lowest BCUT2D eigenvalue weighted by molar-refractivity contribution is 0.380. The van der Waals surface area contributed by atoms with Gasteiger partial charge in [-0.1, -0.05) is 45.4 Å². The SMILES string of the molecule is Nc1cccc(Cc2nc(Cc3cccc(Br)c3)no2)c1. The van der Waals surface area contributed by atoms with Crippen LogP contribution in [0.25, 0.3) is 0 Å². The maximum Gasteiger partial charge on any atom is 0.231 e. The molecule has 21 heavy (non-hydrogen) atoms. The maximum absolute atomic E-state index is 5.76. The fourth-order valence-corrected chi connectivity index (χ4v) is 2.59. The first kappa shape index (κ1) is 13.8. The zero-order valence-corrected chi connectivity index (χ0v) is 12.9. The first-order chi connectivity index (χ1) is 10.2. The normalized spacial score (nSPS) is 10.7. The van der Waals surface area contributed by atoms with Crippen LogP contribution in [-0.4, -0.2) is 10.1 Å². The molecule has 0 aliphatic carbocycles. The van der Waals surface area contributed by atoms with Crippen LogP contribution >= 0.6 is 15.9 Å². The Balaban J connectivity index is 1.71. The van der Waals surface area contributed by atoms with Gasteiger partial charge in [0.1, 0.15) is 0 Å². The van der Waals surface area contributed by atoms with Gasteiger partial charge < -0.3 is 10.3 Å². The second kappa shape index (κ2) is 6.10. The Morgan fingerprint density at radius 1 is 1.00 bits per heavy atom. The lowest BCUT2D eigenvalue weighted by Crippen LogP contribution is -1.93. The molecule has 0 fully saturated rings. The summed E-state index contributed by atoms with van der Waals surface area (Å²) in [6.45, 7) is 0. The molecular weight excluding hydrogens is 330 g/mol. The fraction of sp³-hybridized carbons (Fsp3) is 0.125. The molecule has 2 N–H and O–H groups in total. The van der Waals surface area contributed by atoms with Crippen LogP contribution in [0.1, 0.15) is 22.8 Å². The number of benzene rings is 2. The summed E-state index contributed by atoms with van der Waals surface area (Å²) in [6, 6.07) is 15.8. The molecule has 0 unspecified atom stereocenters. The number of aromatic nitrogens is 2. The first-order valence-corrected chi connectivity index (χ1v) is 7.39. The average molecular weight is 344 g/mol. The lowest BCUT2D eigenvalue weighted by Gasteiger charge is -1.98. The highest BCUT2D eigenvalue weighted by atomic mass is 79.9. The maximum atomic E-state index is 5.76. The van der Waals surface area contributed by atoms with Gasteiger partial charge in [0.05, 0.1) is 6.42 Å². The highest BCUT2D eigenvalue weighted by Crippen LogP contribution is 2.15. The van der Waals surface area contributed by atoms with E-state index in [4.69, 9.17) is 10.3 Å². The van der Waals surface area contributed by atoms with Gasteiger partial charge in [0.15, 0.2) is 5.82 Å². The Hall–Kier alpha value is -2.14. The van der Waals surface area contributed by atoms with E-state index >= 15 is 0 Å². The average Bonchev–Trinajstić information content (AvgIpc) is 2.86. The summed E-state index contributed by atoms with van der Waals surface area (Å²) in [5.74, 6) is 1.29. The van der Waals surface area contributed by atoms with Gasteiger partial charge in [-0.15, -0.1) is 0 Å². The van der Waals surface area contributed by atoms with Crippen molar-refractivity contribution in [3.05, 3.63) is 75.8 Å². The van der Waals surface area contributed by atoms with E-state index in [9.17, 15) is 0 Å². The van der Waals surface area contributed by atoms with Gasteiger partial charge in [0.25, 0.3) is 0 Å². The van der Waals surface area contributed by atoms with Crippen LogP contribution in [-0.2, 0) is 12.8 Å². The van der Waals surface area contributed by atoms with Crippen LogP contribution in [0.5, 0.6) is 0 Å². The first-order valence-electron chi connectivity index (χ1n) is 6.59. The predicted molar refractivity (Wildman–Crippen MR) is 84.9 cm³/mol. The summed E-state index contributed by atoms with van der Waals surface area (Å²) < 4.78 is 6.34. The van der Waals surface area contributed by atoms with Crippen LogP contribution in [0.3, 0.4) is 0 Å². The molecule has 3 rings (SSSR count). The minimum Gasteiger partial charge on any atom is -0.399 e. The third-order valence-electron chi connectivity index (χ3n) is 3.07. The quantitative estimate of drug-likeness (QED) is 0.735. The number of nitrogen functional groups attached to an aromatic ring is 1. The van der Waals surface area contributed by atoms with Crippen molar-refractivity contribution in [2.45, 2.75) is 12.8 Å². The minimum absolute atomic E-state index is 0.594. The molecular formula is C16H14BrN3O. The molecule has 0 atom stereocenters. The van der Waals surface area contributed by atoms with Crippen LogP contribution in [0.2, 0.25) is 0 Å². The minimum atomic E-state index is 0.594. The molecule has 0 bridgehead atoms. The number of hydrogen-bond donors (Lipinski definition) is 1. The smallest absolute Gasteiger partial charge is 0.231 e. The van der Waals surface area contributed by atoms with E-state index in [1.807, 2.05) is 48.5 Å². The second-order valence-corrected chi connectivity index (χ2v) is 5.75. The van der Waals surface area contributed by atoms with E-state index in [1.165, 1.54) is 0 Å². The standard InChI is InChI=1S/C16H14BrN3O/c17-13-5-1-3-11(7-13)9-15-19-16(21-20-15)10-12-4-2-6-14(18)8-12/h1-8H,9-10,18H2. The van der Waals surface area contributed by atoms with Crippen molar-refractivity contribution in [1.29, 1.82) is 0 Å². The van der Waals surface area contributed by atoms with Gasteiger partial charge in [-0.3, -0.25) is 0 Å².